The van der Waals surface area contributed by atoms with Crippen LogP contribution in [-0.2, 0) is 0 Å². The predicted octanol–water partition coefficient (Wildman–Crippen LogP) is 4.16. The molecule has 0 saturated carbocycles. The first kappa shape index (κ1) is 17.9. The van der Waals surface area contributed by atoms with Crippen LogP contribution in [0.1, 0.15) is 16.8 Å². The Morgan fingerprint density at radius 1 is 1.11 bits per heavy atom. The molecule has 2 heterocycles. The summed E-state index contributed by atoms with van der Waals surface area (Å²) in [6.45, 7) is 1.18. The number of aromatic amines is 1. The van der Waals surface area contributed by atoms with Crippen molar-refractivity contribution in [2.75, 3.05) is 18.4 Å². The number of aromatic nitrogens is 1. The lowest BCUT2D eigenvalue weighted by Gasteiger charge is -2.19. The van der Waals surface area contributed by atoms with E-state index in [-0.39, 0.29) is 17.5 Å². The summed E-state index contributed by atoms with van der Waals surface area (Å²) < 4.78 is 0. The lowest BCUT2D eigenvalue weighted by molar-refractivity contribution is 0.0793. The molecule has 1 aliphatic heterocycles. The Balaban J connectivity index is 1.53. The number of carbonyl (C=O) groups excluding carboxylic acids is 1. The number of nitrogens with one attached hydrogen (secondary N) is 2. The van der Waals surface area contributed by atoms with E-state index >= 15 is 0 Å². The lowest BCUT2D eigenvalue weighted by Crippen LogP contribution is -2.32. The van der Waals surface area contributed by atoms with Gasteiger partial charge in [0.2, 0.25) is 5.56 Å². The summed E-state index contributed by atoms with van der Waals surface area (Å²) in [5.74, 6) is -0.129. The first-order valence-corrected chi connectivity index (χ1v) is 9.40. The summed E-state index contributed by atoms with van der Waals surface area (Å²) in [6.07, 6.45) is 0.813. The minimum absolute atomic E-state index is 0.111. The highest BCUT2D eigenvalue weighted by atomic mass is 35.5. The molecule has 1 atom stereocenters. The lowest BCUT2D eigenvalue weighted by atomic mass is 10.1. The van der Waals surface area contributed by atoms with Crippen LogP contribution < -0.4 is 10.9 Å². The largest absolute Gasteiger partial charge is 0.380 e. The molecule has 1 aliphatic rings. The average molecular weight is 402 g/mol. The normalized spacial score (nSPS) is 16.7. The van der Waals surface area contributed by atoms with Crippen LogP contribution in [0.5, 0.6) is 0 Å². The van der Waals surface area contributed by atoms with Gasteiger partial charge in [0.15, 0.2) is 0 Å². The number of likely N-dealkylation sites (tertiary alicyclic amines) is 1. The highest BCUT2D eigenvalue weighted by molar-refractivity contribution is 6.42. The number of nitrogens with zero attached hydrogens (tertiary/aromatic N) is 1. The quantitative estimate of drug-likeness (QED) is 0.692. The number of anilines is 1. The van der Waals surface area contributed by atoms with Gasteiger partial charge in [-0.3, -0.25) is 9.59 Å². The maximum absolute atomic E-state index is 13.0. The SMILES string of the molecule is O=C(c1cc(=O)[nH]c2ccccc12)N1CCC(Nc2ccc(Cl)c(Cl)c2)C1. The summed E-state index contributed by atoms with van der Waals surface area (Å²) in [5, 5.41) is 5.14. The van der Waals surface area contributed by atoms with Crippen LogP contribution in [0.3, 0.4) is 0 Å². The van der Waals surface area contributed by atoms with Crippen molar-refractivity contribution in [3.05, 3.63) is 74.5 Å². The number of halogens is 2. The summed E-state index contributed by atoms with van der Waals surface area (Å²) in [5.41, 5.74) is 1.69. The Morgan fingerprint density at radius 3 is 2.74 bits per heavy atom. The van der Waals surface area contributed by atoms with Crippen molar-refractivity contribution in [1.82, 2.24) is 9.88 Å². The zero-order valence-electron chi connectivity index (χ0n) is 14.3. The molecule has 0 aliphatic carbocycles. The van der Waals surface area contributed by atoms with Gasteiger partial charge < -0.3 is 15.2 Å². The fourth-order valence-corrected chi connectivity index (χ4v) is 3.73. The van der Waals surface area contributed by atoms with Gasteiger partial charge in [-0.05, 0) is 30.7 Å². The van der Waals surface area contributed by atoms with Gasteiger partial charge >= 0.3 is 0 Å². The van der Waals surface area contributed by atoms with E-state index < -0.39 is 0 Å². The third kappa shape index (κ3) is 3.66. The van der Waals surface area contributed by atoms with Crippen molar-refractivity contribution in [2.24, 2.45) is 0 Å². The van der Waals surface area contributed by atoms with Gasteiger partial charge in [-0.25, -0.2) is 0 Å². The van der Waals surface area contributed by atoms with Crippen LogP contribution >= 0.6 is 23.2 Å². The molecule has 5 nitrogen and oxygen atoms in total. The minimum Gasteiger partial charge on any atom is -0.380 e. The summed E-state index contributed by atoms with van der Waals surface area (Å²) in [4.78, 5) is 29.5. The van der Waals surface area contributed by atoms with Gasteiger partial charge in [-0.15, -0.1) is 0 Å². The first-order valence-electron chi connectivity index (χ1n) is 8.64. The van der Waals surface area contributed by atoms with E-state index in [0.717, 1.165) is 17.5 Å². The van der Waals surface area contributed by atoms with Gasteiger partial charge in [0.25, 0.3) is 5.91 Å². The zero-order valence-corrected chi connectivity index (χ0v) is 15.8. The van der Waals surface area contributed by atoms with E-state index in [1.165, 1.54) is 6.07 Å². The number of hydrogen-bond donors (Lipinski definition) is 2. The molecular weight excluding hydrogens is 385 g/mol. The second-order valence-corrected chi connectivity index (χ2v) is 7.42. The third-order valence-electron chi connectivity index (χ3n) is 4.75. The Morgan fingerprint density at radius 2 is 1.93 bits per heavy atom. The van der Waals surface area contributed by atoms with Gasteiger partial charge in [0.1, 0.15) is 0 Å². The fraction of sp³-hybridized carbons (Fsp3) is 0.200. The number of pyridine rings is 1. The number of amides is 1. The van der Waals surface area contributed by atoms with Crippen molar-refractivity contribution >= 4 is 45.7 Å². The van der Waals surface area contributed by atoms with Gasteiger partial charge in [0, 0.05) is 41.8 Å². The molecule has 1 fully saturated rings. The Kier molecular flexibility index (Phi) is 4.81. The van der Waals surface area contributed by atoms with Crippen molar-refractivity contribution < 1.29 is 4.79 Å². The molecule has 0 radical (unpaired) electrons. The monoisotopic (exact) mass is 401 g/mol. The fourth-order valence-electron chi connectivity index (χ4n) is 3.44. The molecule has 0 bridgehead atoms. The second-order valence-electron chi connectivity index (χ2n) is 6.60. The van der Waals surface area contributed by atoms with Crippen LogP contribution in [0, 0.1) is 0 Å². The molecule has 2 N–H and O–H groups in total. The Bertz CT molecular complexity index is 1080. The van der Waals surface area contributed by atoms with Crippen molar-refractivity contribution in [2.45, 2.75) is 12.5 Å². The number of hydrogen-bond acceptors (Lipinski definition) is 3. The smallest absolute Gasteiger partial charge is 0.254 e. The molecule has 2 aromatic carbocycles. The highest BCUT2D eigenvalue weighted by Gasteiger charge is 2.28. The molecule has 138 valence electrons. The molecule has 1 amide bonds. The highest BCUT2D eigenvalue weighted by Crippen LogP contribution is 2.27. The van der Waals surface area contributed by atoms with Gasteiger partial charge in [0.05, 0.1) is 15.6 Å². The van der Waals surface area contributed by atoms with Crippen LogP contribution in [0.4, 0.5) is 5.69 Å². The van der Waals surface area contributed by atoms with E-state index in [1.54, 1.807) is 23.1 Å². The number of rotatable bonds is 3. The number of fused-ring (bicyclic) bond motifs is 1. The Labute approximate surface area is 165 Å². The van der Waals surface area contributed by atoms with E-state index in [1.807, 2.05) is 24.3 Å². The van der Waals surface area contributed by atoms with E-state index in [2.05, 4.69) is 10.3 Å². The van der Waals surface area contributed by atoms with E-state index in [0.29, 0.717) is 34.2 Å². The second kappa shape index (κ2) is 7.25. The van der Waals surface area contributed by atoms with Crippen LogP contribution in [0.25, 0.3) is 10.9 Å². The summed E-state index contributed by atoms with van der Waals surface area (Å²) >= 11 is 12.0. The average Bonchev–Trinajstić information content (AvgIpc) is 3.12. The standard InChI is InChI=1S/C20H17Cl2N3O2/c21-16-6-5-12(9-17(16)22)23-13-7-8-25(11-13)20(27)15-10-19(26)24-18-4-2-1-3-14(15)18/h1-6,9-10,13,23H,7-8,11H2,(H,24,26). The predicted molar refractivity (Wildman–Crippen MR) is 109 cm³/mol. The van der Waals surface area contributed by atoms with Crippen LogP contribution in [-0.4, -0.2) is 34.9 Å². The molecule has 27 heavy (non-hydrogen) atoms. The number of H-pyrrole nitrogens is 1. The van der Waals surface area contributed by atoms with Crippen molar-refractivity contribution in [3.8, 4) is 0 Å². The van der Waals surface area contributed by atoms with Gasteiger partial charge in [-0.1, -0.05) is 41.4 Å². The van der Waals surface area contributed by atoms with Crippen molar-refractivity contribution in [3.63, 3.8) is 0 Å². The Hall–Kier alpha value is -2.50. The zero-order chi connectivity index (χ0) is 19.0. The number of para-hydroxylation sites is 1. The molecule has 3 aromatic rings. The molecule has 1 saturated heterocycles. The third-order valence-corrected chi connectivity index (χ3v) is 5.49. The number of carbonyl (C=O) groups is 1. The number of benzene rings is 2. The van der Waals surface area contributed by atoms with Crippen LogP contribution in [0.15, 0.2) is 53.3 Å². The van der Waals surface area contributed by atoms with Crippen LogP contribution in [0.2, 0.25) is 10.0 Å². The molecular formula is C20H17Cl2N3O2. The van der Waals surface area contributed by atoms with Gasteiger partial charge in [-0.2, -0.15) is 0 Å². The van der Waals surface area contributed by atoms with Crippen molar-refractivity contribution in [1.29, 1.82) is 0 Å². The molecule has 4 rings (SSSR count). The molecule has 0 spiro atoms. The topological polar surface area (TPSA) is 65.2 Å². The van der Waals surface area contributed by atoms with E-state index in [9.17, 15) is 9.59 Å². The molecule has 7 heteroatoms. The summed E-state index contributed by atoms with van der Waals surface area (Å²) in [7, 11) is 0. The maximum atomic E-state index is 13.0. The molecule has 1 aromatic heterocycles. The molecule has 1 unspecified atom stereocenters. The minimum atomic E-state index is -0.276. The first-order chi connectivity index (χ1) is 13.0. The van der Waals surface area contributed by atoms with E-state index in [4.69, 9.17) is 23.2 Å². The summed E-state index contributed by atoms with van der Waals surface area (Å²) in [6, 6.07) is 14.2. The maximum Gasteiger partial charge on any atom is 0.254 e.